The summed E-state index contributed by atoms with van der Waals surface area (Å²) in [5.41, 5.74) is -1.03. The molecule has 3 N–H and O–H groups in total. The lowest BCUT2D eigenvalue weighted by atomic mass is 9.99. The third kappa shape index (κ3) is 6.01. The predicted octanol–water partition coefficient (Wildman–Crippen LogP) is 4.62. The van der Waals surface area contributed by atoms with E-state index in [1.807, 2.05) is 0 Å². The van der Waals surface area contributed by atoms with Crippen LogP contribution in [0.4, 0.5) is 0 Å². The van der Waals surface area contributed by atoms with Gasteiger partial charge in [0.25, 0.3) is 0 Å². The fraction of sp³-hybridized carbons (Fsp3) is 0.240. The van der Waals surface area contributed by atoms with Crippen LogP contribution in [0.3, 0.4) is 0 Å². The van der Waals surface area contributed by atoms with E-state index in [9.17, 15) is 15.0 Å². The van der Waals surface area contributed by atoms with Crippen molar-refractivity contribution in [1.29, 1.82) is 0 Å². The first-order valence-corrected chi connectivity index (χ1v) is 8.75. The van der Waals surface area contributed by atoms with Crippen molar-refractivity contribution in [3.8, 4) is 11.1 Å². The van der Waals surface area contributed by atoms with Gasteiger partial charge in [-0.3, -0.25) is 0 Å². The Bertz CT molecular complexity index is 1500. The van der Waals surface area contributed by atoms with Crippen LogP contribution in [0.25, 0.3) is 11.1 Å². The highest BCUT2D eigenvalue weighted by atomic mass is 16.4. The van der Waals surface area contributed by atoms with Gasteiger partial charge in [0.05, 0.1) is 22.6 Å². The van der Waals surface area contributed by atoms with Crippen LogP contribution in [-0.4, -0.2) is 29.2 Å². The van der Waals surface area contributed by atoms with Crippen LogP contribution < -0.4 is 5.32 Å². The zero-order chi connectivity index (χ0) is 31.2. The van der Waals surface area contributed by atoms with E-state index in [-0.39, 0.29) is 27.8 Å². The molecule has 29 heavy (non-hydrogen) atoms. The number of hydrogen-bond donors (Lipinski definition) is 3. The summed E-state index contributed by atoms with van der Waals surface area (Å²) < 4.78 is 98.6. The molecule has 1 atom stereocenters. The van der Waals surface area contributed by atoms with E-state index < -0.39 is 91.8 Å². The highest BCUT2D eigenvalue weighted by Gasteiger charge is 2.07. The summed E-state index contributed by atoms with van der Waals surface area (Å²) >= 11 is 0. The van der Waals surface area contributed by atoms with Gasteiger partial charge in [-0.05, 0) is 60.6 Å². The van der Waals surface area contributed by atoms with Crippen LogP contribution in [0.5, 0.6) is 0 Å². The van der Waals surface area contributed by atoms with E-state index in [0.717, 1.165) is 0 Å². The molecule has 0 radical (unpaired) electrons. The quantitative estimate of drug-likeness (QED) is 0.489. The summed E-state index contributed by atoms with van der Waals surface area (Å²) in [6.45, 7) is -2.28. The van der Waals surface area contributed by atoms with Crippen LogP contribution in [0.15, 0.2) is 72.6 Å². The predicted molar refractivity (Wildman–Crippen MR) is 116 cm³/mol. The molecule has 4 nitrogen and oxygen atoms in total. The van der Waals surface area contributed by atoms with Gasteiger partial charge >= 0.3 is 5.97 Å². The molecular formula is C25H27NO3. The van der Waals surface area contributed by atoms with Crippen molar-refractivity contribution in [2.45, 2.75) is 25.8 Å². The minimum Gasteiger partial charge on any atom is -0.478 e. The van der Waals surface area contributed by atoms with Gasteiger partial charge in [0, 0.05) is 12.0 Å². The first kappa shape index (κ1) is 10.2. The number of carboxylic acids is 1. The summed E-state index contributed by atoms with van der Waals surface area (Å²) in [7, 11) is 0. The van der Waals surface area contributed by atoms with Crippen LogP contribution in [-0.2, 0) is 6.42 Å². The van der Waals surface area contributed by atoms with E-state index in [0.29, 0.717) is 0 Å². The van der Waals surface area contributed by atoms with Gasteiger partial charge in [0.1, 0.15) is 0 Å². The molecule has 3 aromatic rings. The summed E-state index contributed by atoms with van der Waals surface area (Å²) in [6, 6.07) is 0.950. The molecule has 0 spiro atoms. The Morgan fingerprint density at radius 3 is 2.83 bits per heavy atom. The smallest absolute Gasteiger partial charge is 0.335 e. The molecule has 3 aromatic carbocycles. The fourth-order valence-electron chi connectivity index (χ4n) is 2.49. The minimum absolute atomic E-state index is 0.0362. The van der Waals surface area contributed by atoms with E-state index >= 15 is 0 Å². The molecule has 0 saturated carbocycles. The van der Waals surface area contributed by atoms with Crippen LogP contribution in [0.1, 0.15) is 56.0 Å². The second-order valence-corrected chi connectivity index (χ2v) is 6.11. The molecule has 150 valence electrons. The van der Waals surface area contributed by atoms with Crippen molar-refractivity contribution < 1.29 is 31.5 Å². The highest BCUT2D eigenvalue weighted by Crippen LogP contribution is 2.22. The van der Waals surface area contributed by atoms with Crippen molar-refractivity contribution in [2.24, 2.45) is 0 Å². The van der Waals surface area contributed by atoms with Crippen LogP contribution >= 0.6 is 0 Å². The monoisotopic (exact) mass is 401 g/mol. The molecular weight excluding hydrogens is 362 g/mol. The molecule has 0 saturated heterocycles. The van der Waals surface area contributed by atoms with Crippen LogP contribution in [0, 0.1) is 6.92 Å². The van der Waals surface area contributed by atoms with Gasteiger partial charge in [-0.2, -0.15) is 0 Å². The number of aliphatic hydroxyl groups is 1. The Morgan fingerprint density at radius 2 is 2.00 bits per heavy atom. The molecule has 3 rings (SSSR count). The molecule has 0 aliphatic carbocycles. The number of carbonyl (C=O) groups is 1. The molecule has 0 aliphatic rings. The number of aromatic carboxylic acids is 1. The van der Waals surface area contributed by atoms with E-state index in [1.165, 1.54) is 31.2 Å². The zero-order valence-electron chi connectivity index (χ0n) is 27.6. The standard InChI is InChI=1S/C25H27NO3/c1-18-6-2-11-22(14-18)24(27)17-26-13-5-8-19-7-3-9-20(15-19)21-10-4-12-23(16-21)25(28)29/h2-4,6-7,9-12,14-16,24,26-27H,5,8,13,17H2,1H3,(H,28,29)/t24-/m0/s1/i2D,3D,5D2,6D,7D,9D,11D,14D,15D,17D2. The third-order valence-electron chi connectivity index (χ3n) is 3.87. The first-order chi connectivity index (χ1) is 18.8. The van der Waals surface area contributed by atoms with Gasteiger partial charge in [-0.15, -0.1) is 0 Å². The first-order valence-electron chi connectivity index (χ1n) is 14.7. The molecule has 0 heterocycles. The molecule has 0 unspecified atom stereocenters. The van der Waals surface area contributed by atoms with Crippen molar-refractivity contribution >= 4 is 5.97 Å². The number of hydrogen-bond acceptors (Lipinski definition) is 3. The van der Waals surface area contributed by atoms with E-state index in [2.05, 4.69) is 5.32 Å². The Labute approximate surface area is 188 Å². The SMILES string of the molecule is [2H]c1c([2H])c(CC([2H])([2H])CNC([2H])([2H])[C@H](O)c2c([2H])c([2H])c([2H])c(C)c2[2H])c([2H])c(-c2cccc(C(=O)O)c2)c1[2H]. The maximum Gasteiger partial charge on any atom is 0.335 e. The van der Waals surface area contributed by atoms with Gasteiger partial charge in [-0.1, -0.05) is 66.0 Å². The number of aliphatic hydroxyl groups excluding tert-OH is 1. The van der Waals surface area contributed by atoms with Crippen molar-refractivity contribution in [1.82, 2.24) is 5.32 Å². The molecule has 0 aromatic heterocycles. The van der Waals surface area contributed by atoms with Gasteiger partial charge in [0.2, 0.25) is 0 Å². The molecule has 0 amide bonds. The average molecular weight is 402 g/mol. The Morgan fingerprint density at radius 1 is 1.17 bits per heavy atom. The average Bonchev–Trinajstić information content (AvgIpc) is 2.91. The second kappa shape index (κ2) is 10.0. The third-order valence-corrected chi connectivity index (χ3v) is 3.87. The van der Waals surface area contributed by atoms with Crippen molar-refractivity contribution in [2.75, 3.05) is 13.0 Å². The number of rotatable bonds is 9. The van der Waals surface area contributed by atoms with Crippen molar-refractivity contribution in [3.05, 3.63) is 94.9 Å². The van der Waals surface area contributed by atoms with Gasteiger partial charge in [0.15, 0.2) is 0 Å². The van der Waals surface area contributed by atoms with Gasteiger partial charge < -0.3 is 15.5 Å². The summed E-state index contributed by atoms with van der Waals surface area (Å²) in [5.74, 6) is -1.26. The van der Waals surface area contributed by atoms with Crippen molar-refractivity contribution in [3.63, 3.8) is 0 Å². The minimum atomic E-state index is -2.82. The summed E-state index contributed by atoms with van der Waals surface area (Å²) in [4.78, 5) is 11.4. The number of benzene rings is 3. The van der Waals surface area contributed by atoms with E-state index in [4.69, 9.17) is 16.4 Å². The lowest BCUT2D eigenvalue weighted by Gasteiger charge is -2.13. The lowest BCUT2D eigenvalue weighted by Crippen LogP contribution is -2.22. The fourth-order valence-corrected chi connectivity index (χ4v) is 2.49. The number of nitrogens with one attached hydrogen (secondary N) is 1. The molecule has 0 fully saturated rings. The van der Waals surface area contributed by atoms with Gasteiger partial charge in [-0.25, -0.2) is 4.79 Å². The number of carboxylic acid groups (broad SMARTS) is 1. The van der Waals surface area contributed by atoms with Crippen LogP contribution in [0.2, 0.25) is 0 Å². The Hall–Kier alpha value is -2.95. The summed E-state index contributed by atoms with van der Waals surface area (Å²) in [6.07, 6.45) is -5.25. The van der Waals surface area contributed by atoms with E-state index in [1.54, 1.807) is 0 Å². The second-order valence-electron chi connectivity index (χ2n) is 6.11. The normalized spacial score (nSPS) is 18.8. The highest BCUT2D eigenvalue weighted by molar-refractivity contribution is 5.89. The maximum absolute atomic E-state index is 11.4. The lowest BCUT2D eigenvalue weighted by molar-refractivity contribution is 0.0697. The largest absolute Gasteiger partial charge is 0.478 e. The molecule has 4 heteroatoms. The molecule has 0 bridgehead atoms. The maximum atomic E-state index is 11.4. The topological polar surface area (TPSA) is 69.6 Å². The Kier molecular flexibility index (Phi) is 3.52. The Balaban J connectivity index is 1.94. The zero-order valence-corrected chi connectivity index (χ0v) is 15.6. The molecule has 0 aliphatic heterocycles. The summed E-state index contributed by atoms with van der Waals surface area (Å²) in [5, 5.41) is 22.2.